The highest BCUT2D eigenvalue weighted by atomic mass is 16.2. The summed E-state index contributed by atoms with van der Waals surface area (Å²) in [5, 5.41) is 2.82. The summed E-state index contributed by atoms with van der Waals surface area (Å²) in [6, 6.07) is -0.0814. The van der Waals surface area contributed by atoms with Crippen molar-refractivity contribution in [2.45, 2.75) is 51.6 Å². The van der Waals surface area contributed by atoms with Crippen LogP contribution in [0.15, 0.2) is 0 Å². The molecule has 3 N–H and O–H groups in total. The highest BCUT2D eigenvalue weighted by Gasteiger charge is 2.44. The van der Waals surface area contributed by atoms with E-state index in [4.69, 9.17) is 5.73 Å². The average Bonchev–Trinajstić information content (AvgIpc) is 2.35. The van der Waals surface area contributed by atoms with Crippen LogP contribution in [0.3, 0.4) is 0 Å². The fourth-order valence-corrected chi connectivity index (χ4v) is 3.21. The van der Waals surface area contributed by atoms with Crippen LogP contribution in [0, 0.1) is 11.8 Å². The van der Waals surface area contributed by atoms with Crippen LogP contribution in [0.4, 0.5) is 0 Å². The average molecular weight is 267 g/mol. The van der Waals surface area contributed by atoms with Crippen molar-refractivity contribution in [1.29, 1.82) is 0 Å². The molecule has 1 saturated heterocycles. The highest BCUT2D eigenvalue weighted by Crippen LogP contribution is 2.31. The lowest BCUT2D eigenvalue weighted by Crippen LogP contribution is -2.65. The van der Waals surface area contributed by atoms with Gasteiger partial charge in [0.25, 0.3) is 0 Å². The third-order valence-electron chi connectivity index (χ3n) is 4.73. The number of nitrogens with two attached hydrogens (primary N) is 1. The molecule has 0 aromatic carbocycles. The van der Waals surface area contributed by atoms with Crippen LogP contribution >= 0.6 is 0 Å². The Labute approximate surface area is 114 Å². The Morgan fingerprint density at radius 3 is 2.79 bits per heavy atom. The smallest absolute Gasteiger partial charge is 0.245 e. The number of nitrogens with zero attached hydrogens (tertiary/aromatic N) is 1. The van der Waals surface area contributed by atoms with Crippen molar-refractivity contribution in [3.05, 3.63) is 0 Å². The molecule has 1 heterocycles. The van der Waals surface area contributed by atoms with Gasteiger partial charge in [0.2, 0.25) is 11.8 Å². The molecule has 1 aliphatic heterocycles. The summed E-state index contributed by atoms with van der Waals surface area (Å²) in [5.41, 5.74) is 5.44. The first kappa shape index (κ1) is 14.3. The van der Waals surface area contributed by atoms with Gasteiger partial charge in [-0.15, -0.1) is 0 Å². The van der Waals surface area contributed by atoms with Crippen molar-refractivity contribution < 1.29 is 9.59 Å². The number of hydrogen-bond acceptors (Lipinski definition) is 3. The van der Waals surface area contributed by atoms with E-state index >= 15 is 0 Å². The van der Waals surface area contributed by atoms with Crippen molar-refractivity contribution in [1.82, 2.24) is 10.2 Å². The molecule has 0 aromatic rings. The summed E-state index contributed by atoms with van der Waals surface area (Å²) in [7, 11) is 0. The van der Waals surface area contributed by atoms with E-state index in [0.29, 0.717) is 19.0 Å². The zero-order chi connectivity index (χ0) is 14.2. The van der Waals surface area contributed by atoms with E-state index in [2.05, 4.69) is 12.2 Å². The number of hydrogen-bond donors (Lipinski definition) is 2. The molecule has 1 aliphatic carbocycles. The van der Waals surface area contributed by atoms with Crippen molar-refractivity contribution in [2.24, 2.45) is 17.6 Å². The second-order valence-electron chi connectivity index (χ2n) is 6.40. The molecule has 0 radical (unpaired) electrons. The third-order valence-corrected chi connectivity index (χ3v) is 4.73. The third kappa shape index (κ3) is 2.48. The van der Waals surface area contributed by atoms with Crippen LogP contribution in [0.2, 0.25) is 0 Å². The summed E-state index contributed by atoms with van der Waals surface area (Å²) in [5.74, 6) is 0.224. The molecule has 5 nitrogen and oxygen atoms in total. The van der Waals surface area contributed by atoms with Crippen molar-refractivity contribution >= 4 is 11.8 Å². The number of carbonyl (C=O) groups is 2. The number of nitrogens with one attached hydrogen (secondary N) is 1. The van der Waals surface area contributed by atoms with Crippen LogP contribution in [-0.4, -0.2) is 41.4 Å². The molecule has 108 valence electrons. The number of amides is 2. The predicted octanol–water partition coefficient (Wildman–Crippen LogP) is 0.487. The maximum absolute atomic E-state index is 12.7. The van der Waals surface area contributed by atoms with Crippen LogP contribution in [0.25, 0.3) is 0 Å². The van der Waals surface area contributed by atoms with E-state index in [-0.39, 0.29) is 23.8 Å². The zero-order valence-electron chi connectivity index (χ0n) is 12.1. The van der Waals surface area contributed by atoms with Crippen LogP contribution < -0.4 is 11.1 Å². The molecular formula is C14H25N3O2. The fourth-order valence-electron chi connectivity index (χ4n) is 3.21. The molecule has 1 saturated carbocycles. The summed E-state index contributed by atoms with van der Waals surface area (Å²) in [6.45, 7) is 6.83. The molecule has 2 fully saturated rings. The molecule has 5 heteroatoms. The fraction of sp³-hybridized carbons (Fsp3) is 0.857. The topological polar surface area (TPSA) is 75.4 Å². The van der Waals surface area contributed by atoms with Gasteiger partial charge in [0.05, 0.1) is 5.92 Å². The van der Waals surface area contributed by atoms with Gasteiger partial charge in [0.1, 0.15) is 5.54 Å². The van der Waals surface area contributed by atoms with Gasteiger partial charge >= 0.3 is 0 Å². The van der Waals surface area contributed by atoms with E-state index in [1.807, 2.05) is 0 Å². The first-order valence-corrected chi connectivity index (χ1v) is 7.21. The molecule has 2 rings (SSSR count). The Kier molecular flexibility index (Phi) is 3.85. The van der Waals surface area contributed by atoms with Gasteiger partial charge in [-0.05, 0) is 32.6 Å². The lowest BCUT2D eigenvalue weighted by Gasteiger charge is -2.45. The van der Waals surface area contributed by atoms with Gasteiger partial charge in [-0.2, -0.15) is 0 Å². The van der Waals surface area contributed by atoms with E-state index < -0.39 is 5.54 Å². The van der Waals surface area contributed by atoms with Crippen molar-refractivity contribution in [3.8, 4) is 0 Å². The quantitative estimate of drug-likeness (QED) is 0.726. The Morgan fingerprint density at radius 2 is 2.11 bits per heavy atom. The van der Waals surface area contributed by atoms with Crippen LogP contribution in [0.5, 0.6) is 0 Å². The predicted molar refractivity (Wildman–Crippen MR) is 73.3 cm³/mol. The van der Waals surface area contributed by atoms with E-state index in [9.17, 15) is 9.59 Å². The summed E-state index contributed by atoms with van der Waals surface area (Å²) < 4.78 is 0. The van der Waals surface area contributed by atoms with Gasteiger partial charge < -0.3 is 16.0 Å². The first-order valence-electron chi connectivity index (χ1n) is 7.21. The molecule has 3 unspecified atom stereocenters. The highest BCUT2D eigenvalue weighted by molar-refractivity contribution is 5.92. The summed E-state index contributed by atoms with van der Waals surface area (Å²) in [6.07, 6.45) is 2.99. The number of rotatable bonds is 1. The van der Waals surface area contributed by atoms with Gasteiger partial charge in [0.15, 0.2) is 0 Å². The van der Waals surface area contributed by atoms with E-state index in [1.165, 1.54) is 0 Å². The van der Waals surface area contributed by atoms with Crippen LogP contribution in [-0.2, 0) is 9.59 Å². The lowest BCUT2D eigenvalue weighted by molar-refractivity contribution is -0.153. The maximum Gasteiger partial charge on any atom is 0.245 e. The lowest BCUT2D eigenvalue weighted by atomic mass is 9.77. The standard InChI is InChI=1S/C14H25N3O2/c1-9-5-4-6-10(11(9)15)12(18)17-8-7-16-13(19)14(17,2)3/h9-11H,4-8,15H2,1-3H3,(H,16,19). The van der Waals surface area contributed by atoms with E-state index in [1.54, 1.807) is 18.7 Å². The first-order chi connectivity index (χ1) is 8.85. The second-order valence-corrected chi connectivity index (χ2v) is 6.40. The van der Waals surface area contributed by atoms with Crippen molar-refractivity contribution in [3.63, 3.8) is 0 Å². The minimum Gasteiger partial charge on any atom is -0.352 e. The molecule has 2 amide bonds. The molecule has 19 heavy (non-hydrogen) atoms. The van der Waals surface area contributed by atoms with E-state index in [0.717, 1.165) is 19.3 Å². The number of carbonyl (C=O) groups excluding carboxylic acids is 2. The Morgan fingerprint density at radius 1 is 1.42 bits per heavy atom. The van der Waals surface area contributed by atoms with Gasteiger partial charge in [-0.3, -0.25) is 9.59 Å². The van der Waals surface area contributed by atoms with Gasteiger partial charge in [-0.1, -0.05) is 13.3 Å². The molecule has 0 spiro atoms. The molecular weight excluding hydrogens is 242 g/mol. The summed E-state index contributed by atoms with van der Waals surface area (Å²) >= 11 is 0. The molecule has 0 aromatic heterocycles. The molecule has 3 atom stereocenters. The Balaban J connectivity index is 2.16. The largest absolute Gasteiger partial charge is 0.352 e. The SMILES string of the molecule is CC1CCCC(C(=O)N2CCNC(=O)C2(C)C)C1N. The zero-order valence-corrected chi connectivity index (χ0v) is 12.1. The minimum atomic E-state index is -0.768. The van der Waals surface area contributed by atoms with Crippen molar-refractivity contribution in [2.75, 3.05) is 13.1 Å². The molecule has 0 bridgehead atoms. The monoisotopic (exact) mass is 267 g/mol. The molecule has 2 aliphatic rings. The second kappa shape index (κ2) is 5.12. The van der Waals surface area contributed by atoms with Gasteiger partial charge in [-0.25, -0.2) is 0 Å². The Hall–Kier alpha value is -1.10. The minimum absolute atomic E-state index is 0.0545. The Bertz CT molecular complexity index is 381. The van der Waals surface area contributed by atoms with Crippen LogP contribution in [0.1, 0.15) is 40.0 Å². The normalized spacial score (nSPS) is 34.8. The summed E-state index contributed by atoms with van der Waals surface area (Å²) in [4.78, 5) is 26.4. The number of piperazine rings is 1. The van der Waals surface area contributed by atoms with Gasteiger partial charge in [0, 0.05) is 19.1 Å². The maximum atomic E-state index is 12.7.